The van der Waals surface area contributed by atoms with Crippen LogP contribution in [0.3, 0.4) is 0 Å². The van der Waals surface area contributed by atoms with Gasteiger partial charge in [-0.3, -0.25) is 9.48 Å². The maximum atomic E-state index is 12.0. The van der Waals surface area contributed by atoms with Crippen molar-refractivity contribution in [2.24, 2.45) is 7.05 Å². The molecule has 19 heavy (non-hydrogen) atoms. The molecule has 0 fully saturated rings. The largest absolute Gasteiger partial charge is 0.479 e. The number of aromatic nitrogens is 2. The highest BCUT2D eigenvalue weighted by Gasteiger charge is 2.10. The normalized spacial score (nSPS) is 9.68. The first-order chi connectivity index (χ1) is 9.20. The van der Waals surface area contributed by atoms with Gasteiger partial charge in [0.2, 0.25) is 0 Å². The van der Waals surface area contributed by atoms with Crippen LogP contribution in [0.2, 0.25) is 0 Å². The summed E-state index contributed by atoms with van der Waals surface area (Å²) in [7, 11) is 1.70. The van der Waals surface area contributed by atoms with E-state index in [2.05, 4.69) is 10.4 Å². The zero-order valence-electron chi connectivity index (χ0n) is 10.3. The number of amides is 1. The van der Waals surface area contributed by atoms with E-state index >= 15 is 0 Å². The molecule has 0 spiro atoms. The fraction of sp³-hybridized carbons (Fsp3) is 0.154. The molecule has 0 aliphatic carbocycles. The van der Waals surface area contributed by atoms with Gasteiger partial charge >= 0.3 is 0 Å². The number of nitriles is 1. The van der Waals surface area contributed by atoms with Gasteiger partial charge in [-0.25, -0.2) is 0 Å². The lowest BCUT2D eigenvalue weighted by atomic mass is 10.3. The summed E-state index contributed by atoms with van der Waals surface area (Å²) in [4.78, 5) is 12.0. The molecule has 0 radical (unpaired) electrons. The fourth-order valence-electron chi connectivity index (χ4n) is 1.57. The number of aryl methyl sites for hydroxylation is 1. The molecule has 6 heteroatoms. The summed E-state index contributed by atoms with van der Waals surface area (Å²) in [5.74, 6) is 0.279. The summed E-state index contributed by atoms with van der Waals surface area (Å²) in [6.45, 7) is -0.0286. The molecule has 1 aromatic carbocycles. The lowest BCUT2D eigenvalue weighted by Gasteiger charge is -2.07. The second kappa shape index (κ2) is 5.69. The molecule has 6 nitrogen and oxygen atoms in total. The van der Waals surface area contributed by atoms with Gasteiger partial charge in [0.1, 0.15) is 17.5 Å². The summed E-state index contributed by atoms with van der Waals surface area (Å²) in [5, 5.41) is 15.1. The van der Waals surface area contributed by atoms with Crippen molar-refractivity contribution in [2.45, 2.75) is 0 Å². The van der Waals surface area contributed by atoms with Crippen LogP contribution in [0.1, 0.15) is 10.5 Å². The van der Waals surface area contributed by atoms with E-state index in [1.165, 1.54) is 4.68 Å². The average molecular weight is 256 g/mol. The van der Waals surface area contributed by atoms with Crippen LogP contribution in [0, 0.1) is 11.3 Å². The second-order valence-corrected chi connectivity index (χ2v) is 3.77. The molecule has 0 aliphatic rings. The van der Waals surface area contributed by atoms with Crippen LogP contribution >= 0.6 is 0 Å². The first-order valence-electron chi connectivity index (χ1n) is 5.60. The van der Waals surface area contributed by atoms with Crippen LogP contribution in [0.5, 0.6) is 5.75 Å². The van der Waals surface area contributed by atoms with Crippen LogP contribution in [-0.2, 0) is 7.05 Å². The Morgan fingerprint density at radius 3 is 3.05 bits per heavy atom. The first kappa shape index (κ1) is 12.6. The van der Waals surface area contributed by atoms with Gasteiger partial charge in [-0.1, -0.05) is 6.07 Å². The molecule has 1 N–H and O–H groups in total. The lowest BCUT2D eigenvalue weighted by molar-refractivity contribution is 0.101. The number of ether oxygens (including phenoxy) is 1. The minimum atomic E-state index is -0.252. The van der Waals surface area contributed by atoms with Crippen molar-refractivity contribution in [3.8, 4) is 11.8 Å². The van der Waals surface area contributed by atoms with E-state index in [4.69, 9.17) is 10.00 Å². The predicted octanol–water partition coefficient (Wildman–Crippen LogP) is 1.57. The van der Waals surface area contributed by atoms with E-state index in [0.29, 0.717) is 17.1 Å². The van der Waals surface area contributed by atoms with Gasteiger partial charge in [0.15, 0.2) is 6.61 Å². The van der Waals surface area contributed by atoms with Crippen molar-refractivity contribution in [3.63, 3.8) is 0 Å². The highest BCUT2D eigenvalue weighted by Crippen LogP contribution is 2.17. The Morgan fingerprint density at radius 2 is 2.37 bits per heavy atom. The molecule has 0 saturated carbocycles. The zero-order chi connectivity index (χ0) is 13.7. The number of carbonyl (C=O) groups is 1. The molecule has 1 heterocycles. The predicted molar refractivity (Wildman–Crippen MR) is 68.7 cm³/mol. The van der Waals surface area contributed by atoms with Gasteiger partial charge in [0.05, 0.1) is 0 Å². The Hall–Kier alpha value is -2.81. The third-order valence-electron chi connectivity index (χ3n) is 2.45. The molecular weight excluding hydrogens is 244 g/mol. The molecule has 2 aromatic rings. The van der Waals surface area contributed by atoms with Crippen LogP contribution in [0.4, 0.5) is 5.69 Å². The molecule has 0 aliphatic heterocycles. The maximum Gasteiger partial charge on any atom is 0.273 e. The van der Waals surface area contributed by atoms with Crippen molar-refractivity contribution in [2.75, 3.05) is 11.9 Å². The Bertz CT molecular complexity index is 628. The standard InChI is InChI=1S/C13H12N4O2/c1-17-12(5-7-15-17)13(18)16-10-3-2-4-11(9-10)19-8-6-14/h2-5,7,9H,8H2,1H3,(H,16,18). The number of nitrogens with zero attached hydrogens (tertiary/aromatic N) is 3. The third-order valence-corrected chi connectivity index (χ3v) is 2.45. The molecular formula is C13H12N4O2. The van der Waals surface area contributed by atoms with Gasteiger partial charge in [0.25, 0.3) is 5.91 Å². The van der Waals surface area contributed by atoms with Gasteiger partial charge in [-0.15, -0.1) is 0 Å². The molecule has 2 rings (SSSR count). The van der Waals surface area contributed by atoms with Crippen molar-refractivity contribution in [1.82, 2.24) is 9.78 Å². The Morgan fingerprint density at radius 1 is 1.53 bits per heavy atom. The maximum absolute atomic E-state index is 12.0. The van der Waals surface area contributed by atoms with Crippen LogP contribution in [-0.4, -0.2) is 22.3 Å². The van der Waals surface area contributed by atoms with Crippen LogP contribution in [0.25, 0.3) is 0 Å². The Balaban J connectivity index is 2.09. The van der Waals surface area contributed by atoms with Crippen molar-refractivity contribution < 1.29 is 9.53 Å². The van der Waals surface area contributed by atoms with E-state index in [1.807, 2.05) is 6.07 Å². The molecule has 0 unspecified atom stereocenters. The van der Waals surface area contributed by atoms with E-state index in [0.717, 1.165) is 0 Å². The van der Waals surface area contributed by atoms with E-state index in [-0.39, 0.29) is 12.5 Å². The molecule has 0 saturated heterocycles. The molecule has 0 bridgehead atoms. The fourth-order valence-corrected chi connectivity index (χ4v) is 1.57. The number of benzene rings is 1. The lowest BCUT2D eigenvalue weighted by Crippen LogP contribution is -2.16. The smallest absolute Gasteiger partial charge is 0.273 e. The van der Waals surface area contributed by atoms with Gasteiger partial charge in [-0.2, -0.15) is 10.4 Å². The van der Waals surface area contributed by atoms with E-state index in [9.17, 15) is 4.79 Å². The van der Waals surface area contributed by atoms with Gasteiger partial charge in [-0.05, 0) is 18.2 Å². The number of anilines is 1. The monoisotopic (exact) mass is 256 g/mol. The van der Waals surface area contributed by atoms with E-state index < -0.39 is 0 Å². The number of nitrogens with one attached hydrogen (secondary N) is 1. The quantitative estimate of drug-likeness (QED) is 0.900. The average Bonchev–Trinajstić information content (AvgIpc) is 2.83. The Kier molecular flexibility index (Phi) is 3.78. The summed E-state index contributed by atoms with van der Waals surface area (Å²) in [6.07, 6.45) is 1.56. The highest BCUT2D eigenvalue weighted by molar-refractivity contribution is 6.03. The molecule has 96 valence electrons. The number of hydrogen-bond acceptors (Lipinski definition) is 4. The van der Waals surface area contributed by atoms with Gasteiger partial charge in [0, 0.05) is 25.0 Å². The highest BCUT2D eigenvalue weighted by atomic mass is 16.5. The summed E-state index contributed by atoms with van der Waals surface area (Å²) < 4.78 is 6.65. The van der Waals surface area contributed by atoms with Crippen LogP contribution in [0.15, 0.2) is 36.5 Å². The van der Waals surface area contributed by atoms with E-state index in [1.54, 1.807) is 43.6 Å². The summed E-state index contributed by atoms with van der Waals surface area (Å²) in [5.41, 5.74) is 1.06. The third kappa shape index (κ3) is 3.10. The van der Waals surface area contributed by atoms with Crippen LogP contribution < -0.4 is 10.1 Å². The Labute approximate surface area is 110 Å². The summed E-state index contributed by atoms with van der Waals surface area (Å²) in [6, 6.07) is 10.4. The van der Waals surface area contributed by atoms with Gasteiger partial charge < -0.3 is 10.1 Å². The zero-order valence-corrected chi connectivity index (χ0v) is 10.3. The molecule has 1 aromatic heterocycles. The minimum absolute atomic E-state index is 0.0286. The van der Waals surface area contributed by atoms with Crippen molar-refractivity contribution >= 4 is 11.6 Å². The van der Waals surface area contributed by atoms with Crippen molar-refractivity contribution in [3.05, 3.63) is 42.2 Å². The molecule has 0 atom stereocenters. The number of carbonyl (C=O) groups excluding carboxylic acids is 1. The SMILES string of the molecule is Cn1nccc1C(=O)Nc1cccc(OCC#N)c1. The minimum Gasteiger partial charge on any atom is -0.479 e. The summed E-state index contributed by atoms with van der Waals surface area (Å²) >= 11 is 0. The molecule has 1 amide bonds. The number of hydrogen-bond donors (Lipinski definition) is 1. The first-order valence-corrected chi connectivity index (χ1v) is 5.60. The van der Waals surface area contributed by atoms with Crippen molar-refractivity contribution in [1.29, 1.82) is 5.26 Å². The number of rotatable bonds is 4. The second-order valence-electron chi connectivity index (χ2n) is 3.77. The topological polar surface area (TPSA) is 79.9 Å².